The van der Waals surface area contributed by atoms with E-state index in [1.165, 1.54) is 11.9 Å². The van der Waals surface area contributed by atoms with Crippen molar-refractivity contribution in [2.45, 2.75) is 6.42 Å². The maximum Gasteiger partial charge on any atom is 0.132 e. The van der Waals surface area contributed by atoms with Crippen LogP contribution in [0.15, 0.2) is 41.1 Å². The minimum absolute atomic E-state index is 0.479. The molecule has 1 aromatic heterocycles. The van der Waals surface area contributed by atoms with Gasteiger partial charge in [0.1, 0.15) is 11.5 Å². The molecule has 0 atom stereocenters. The van der Waals surface area contributed by atoms with Crippen LogP contribution in [-0.2, 0) is 6.42 Å². The van der Waals surface area contributed by atoms with Crippen LogP contribution in [0.5, 0.6) is 0 Å². The number of rotatable bonds is 2. The van der Waals surface area contributed by atoms with Crippen LogP contribution in [0.4, 0.5) is 0 Å². The van der Waals surface area contributed by atoms with E-state index < -0.39 is 0 Å². The van der Waals surface area contributed by atoms with Crippen molar-refractivity contribution >= 4 is 27.5 Å². The summed E-state index contributed by atoms with van der Waals surface area (Å²) in [5, 5.41) is 0.479. The molecule has 0 fully saturated rings. The number of halogens is 2. The highest BCUT2D eigenvalue weighted by Crippen LogP contribution is 2.19. The van der Waals surface area contributed by atoms with E-state index in [-0.39, 0.29) is 0 Å². The molecule has 1 heterocycles. The highest BCUT2D eigenvalue weighted by atomic mass is 79.9. The smallest absolute Gasteiger partial charge is 0.132 e. The lowest BCUT2D eigenvalue weighted by Gasteiger charge is -2.03. The van der Waals surface area contributed by atoms with Crippen molar-refractivity contribution in [3.63, 3.8) is 0 Å². The average Bonchev–Trinajstić information content (AvgIpc) is 2.22. The summed E-state index contributed by atoms with van der Waals surface area (Å²) in [4.78, 5) is 8.01. The predicted octanol–water partition coefficient (Wildman–Crippen LogP) is 3.48. The second kappa shape index (κ2) is 4.73. The van der Waals surface area contributed by atoms with Gasteiger partial charge >= 0.3 is 0 Å². The quantitative estimate of drug-likeness (QED) is 0.789. The zero-order valence-electron chi connectivity index (χ0n) is 7.82. The van der Waals surface area contributed by atoms with Crippen molar-refractivity contribution in [3.05, 3.63) is 57.5 Å². The molecule has 2 aromatic rings. The summed E-state index contributed by atoms with van der Waals surface area (Å²) in [5.74, 6) is 0. The fourth-order valence-electron chi connectivity index (χ4n) is 1.30. The third-order valence-corrected chi connectivity index (χ3v) is 3.00. The number of hydrogen-bond donors (Lipinski definition) is 0. The summed E-state index contributed by atoms with van der Waals surface area (Å²) in [6.45, 7) is 0. The Labute approximate surface area is 101 Å². The SMILES string of the molecule is Clc1cc(Cc2ccccc2Br)ncn1. The van der Waals surface area contributed by atoms with Crippen LogP contribution in [0.3, 0.4) is 0 Å². The topological polar surface area (TPSA) is 25.8 Å². The van der Waals surface area contributed by atoms with Crippen LogP contribution in [0, 0.1) is 0 Å². The number of hydrogen-bond acceptors (Lipinski definition) is 2. The molecule has 0 radical (unpaired) electrons. The first-order valence-electron chi connectivity index (χ1n) is 4.45. The Bertz CT molecular complexity index is 474. The second-order valence-electron chi connectivity index (χ2n) is 3.10. The van der Waals surface area contributed by atoms with Gasteiger partial charge in [-0.2, -0.15) is 0 Å². The largest absolute Gasteiger partial charge is 0.241 e. The van der Waals surface area contributed by atoms with Crippen molar-refractivity contribution in [1.29, 1.82) is 0 Å². The van der Waals surface area contributed by atoms with Crippen LogP contribution in [-0.4, -0.2) is 9.97 Å². The maximum atomic E-state index is 5.79. The zero-order chi connectivity index (χ0) is 10.7. The van der Waals surface area contributed by atoms with E-state index in [1.54, 1.807) is 6.07 Å². The van der Waals surface area contributed by atoms with E-state index in [0.29, 0.717) is 5.15 Å². The average molecular weight is 284 g/mol. The van der Waals surface area contributed by atoms with Crippen LogP contribution in [0.2, 0.25) is 5.15 Å². The zero-order valence-corrected chi connectivity index (χ0v) is 10.2. The first-order valence-corrected chi connectivity index (χ1v) is 5.62. The lowest BCUT2D eigenvalue weighted by atomic mass is 10.1. The van der Waals surface area contributed by atoms with Crippen LogP contribution in [0.25, 0.3) is 0 Å². The van der Waals surface area contributed by atoms with Gasteiger partial charge in [0.2, 0.25) is 0 Å². The monoisotopic (exact) mass is 282 g/mol. The lowest BCUT2D eigenvalue weighted by Crippen LogP contribution is -1.93. The normalized spacial score (nSPS) is 10.3. The molecule has 0 unspecified atom stereocenters. The van der Waals surface area contributed by atoms with Gasteiger partial charge in [0.15, 0.2) is 0 Å². The van der Waals surface area contributed by atoms with Gasteiger partial charge in [0.05, 0.1) is 0 Å². The van der Waals surface area contributed by atoms with Gasteiger partial charge in [-0.3, -0.25) is 0 Å². The maximum absolute atomic E-state index is 5.79. The van der Waals surface area contributed by atoms with Crippen molar-refractivity contribution in [2.75, 3.05) is 0 Å². The van der Waals surface area contributed by atoms with Crippen molar-refractivity contribution < 1.29 is 0 Å². The molecule has 0 aliphatic heterocycles. The highest BCUT2D eigenvalue weighted by molar-refractivity contribution is 9.10. The highest BCUT2D eigenvalue weighted by Gasteiger charge is 2.02. The molecule has 76 valence electrons. The molecule has 0 aliphatic carbocycles. The summed E-state index contributed by atoms with van der Waals surface area (Å²) in [6.07, 6.45) is 2.23. The standard InChI is InChI=1S/C11H8BrClN2/c12-10-4-2-1-3-8(10)5-9-6-11(13)15-7-14-9/h1-4,6-7H,5H2. The Morgan fingerprint density at radius 3 is 2.73 bits per heavy atom. The van der Waals surface area contributed by atoms with Crippen molar-refractivity contribution in [2.24, 2.45) is 0 Å². The van der Waals surface area contributed by atoms with Gasteiger partial charge in [-0.15, -0.1) is 0 Å². The van der Waals surface area contributed by atoms with E-state index >= 15 is 0 Å². The summed E-state index contributed by atoms with van der Waals surface area (Å²) in [6, 6.07) is 9.84. The minimum atomic E-state index is 0.479. The van der Waals surface area contributed by atoms with Crippen LogP contribution >= 0.6 is 27.5 Å². The summed E-state index contributed by atoms with van der Waals surface area (Å²) in [5.41, 5.74) is 2.11. The molecule has 0 saturated heterocycles. The van der Waals surface area contributed by atoms with Crippen molar-refractivity contribution in [3.8, 4) is 0 Å². The minimum Gasteiger partial charge on any atom is -0.241 e. The number of benzene rings is 1. The Kier molecular flexibility index (Phi) is 3.34. The van der Waals surface area contributed by atoms with Gasteiger partial charge in [-0.1, -0.05) is 45.7 Å². The molecule has 0 amide bonds. The fraction of sp³-hybridized carbons (Fsp3) is 0.0909. The molecule has 2 rings (SSSR count). The van der Waals surface area contributed by atoms with Gasteiger partial charge in [-0.05, 0) is 17.7 Å². The summed E-state index contributed by atoms with van der Waals surface area (Å²) in [7, 11) is 0. The van der Waals surface area contributed by atoms with E-state index in [2.05, 4.69) is 32.0 Å². The van der Waals surface area contributed by atoms with E-state index in [9.17, 15) is 0 Å². The van der Waals surface area contributed by atoms with E-state index in [0.717, 1.165) is 16.6 Å². The Morgan fingerprint density at radius 1 is 1.20 bits per heavy atom. The molecule has 0 saturated carbocycles. The Balaban J connectivity index is 2.26. The molecule has 4 heteroatoms. The molecule has 0 aliphatic rings. The Hall–Kier alpha value is -0.930. The molecule has 1 aromatic carbocycles. The lowest BCUT2D eigenvalue weighted by molar-refractivity contribution is 1.02. The third kappa shape index (κ3) is 2.76. The van der Waals surface area contributed by atoms with Gasteiger partial charge in [-0.25, -0.2) is 9.97 Å². The number of aromatic nitrogens is 2. The molecule has 15 heavy (non-hydrogen) atoms. The van der Waals surface area contributed by atoms with Gasteiger partial charge in [0, 0.05) is 16.6 Å². The van der Waals surface area contributed by atoms with Crippen LogP contribution in [0.1, 0.15) is 11.3 Å². The summed E-state index contributed by atoms with van der Waals surface area (Å²) < 4.78 is 1.08. The second-order valence-corrected chi connectivity index (χ2v) is 4.34. The molecule has 0 N–H and O–H groups in total. The van der Waals surface area contributed by atoms with E-state index in [4.69, 9.17) is 11.6 Å². The molecular formula is C11H8BrClN2. The molecule has 2 nitrogen and oxygen atoms in total. The molecular weight excluding hydrogens is 275 g/mol. The number of nitrogens with zero attached hydrogens (tertiary/aromatic N) is 2. The summed E-state index contributed by atoms with van der Waals surface area (Å²) >= 11 is 9.28. The molecule has 0 spiro atoms. The first-order chi connectivity index (χ1) is 7.25. The predicted molar refractivity (Wildman–Crippen MR) is 64.0 cm³/mol. The van der Waals surface area contributed by atoms with Gasteiger partial charge in [0.25, 0.3) is 0 Å². The van der Waals surface area contributed by atoms with Gasteiger partial charge < -0.3 is 0 Å². The van der Waals surface area contributed by atoms with Crippen molar-refractivity contribution in [1.82, 2.24) is 9.97 Å². The fourth-order valence-corrected chi connectivity index (χ4v) is 1.90. The van der Waals surface area contributed by atoms with Crippen LogP contribution < -0.4 is 0 Å². The molecule has 0 bridgehead atoms. The first kappa shape index (κ1) is 10.6. The third-order valence-electron chi connectivity index (χ3n) is 2.02. The Morgan fingerprint density at radius 2 is 2.00 bits per heavy atom. The van der Waals surface area contributed by atoms with E-state index in [1.807, 2.05) is 18.2 Å².